The van der Waals surface area contributed by atoms with Crippen LogP contribution in [0.5, 0.6) is 0 Å². The third-order valence-electron chi connectivity index (χ3n) is 5.56. The molecule has 3 N–H and O–H groups in total. The summed E-state index contributed by atoms with van der Waals surface area (Å²) in [6.07, 6.45) is 5.13. The second kappa shape index (κ2) is 12.6. The molecule has 2 fully saturated rings. The van der Waals surface area contributed by atoms with Crippen LogP contribution in [0.3, 0.4) is 0 Å². The second-order valence-electron chi connectivity index (χ2n) is 7.50. The van der Waals surface area contributed by atoms with Crippen LogP contribution in [0.2, 0.25) is 0 Å². The zero-order valence-electron chi connectivity index (χ0n) is 16.3. The highest BCUT2D eigenvalue weighted by atomic mass is 35.5. The van der Waals surface area contributed by atoms with Gasteiger partial charge in [-0.25, -0.2) is 0 Å². The van der Waals surface area contributed by atoms with Gasteiger partial charge in [-0.05, 0) is 43.6 Å². The summed E-state index contributed by atoms with van der Waals surface area (Å²) in [5.41, 5.74) is 7.34. The Balaban J connectivity index is 0.00000210. The SMILES string of the molecule is Cl.Cl.N[C@@H](C[C@H]1CC[C@H](NCc2ccc([N+](=O)[O-])cc2)CC1)C(=O)N1CCSC1. The number of carbonyl (C=O) groups is 1. The zero-order valence-corrected chi connectivity index (χ0v) is 18.8. The van der Waals surface area contributed by atoms with Crippen LogP contribution in [0.1, 0.15) is 37.7 Å². The number of benzene rings is 1. The molecule has 1 atom stereocenters. The number of hydrogen-bond acceptors (Lipinski definition) is 6. The van der Waals surface area contributed by atoms with E-state index in [0.29, 0.717) is 12.0 Å². The first-order chi connectivity index (χ1) is 13.0. The molecule has 10 heteroatoms. The molecule has 1 saturated carbocycles. The quantitative estimate of drug-likeness (QED) is 0.473. The zero-order chi connectivity index (χ0) is 19.2. The standard InChI is InChI=1S/C19H28N4O3S.2ClH/c20-18(19(24)22-9-10-27-13-22)11-14-1-5-16(6-2-14)21-12-15-3-7-17(8-4-15)23(25)26;;/h3-4,7-8,14,16,18,21H,1-2,5-6,9-13,20H2;2*1H/t14-,16-,18-;;/m0../s1. The minimum absolute atomic E-state index is 0. The number of nitrogens with zero attached hydrogens (tertiary/aromatic N) is 2. The summed E-state index contributed by atoms with van der Waals surface area (Å²) < 4.78 is 0. The fourth-order valence-electron chi connectivity index (χ4n) is 3.88. The van der Waals surface area contributed by atoms with Crippen molar-refractivity contribution in [3.63, 3.8) is 0 Å². The van der Waals surface area contributed by atoms with Crippen molar-refractivity contribution >= 4 is 48.2 Å². The van der Waals surface area contributed by atoms with Crippen LogP contribution in [0.15, 0.2) is 24.3 Å². The minimum atomic E-state index is -0.378. The van der Waals surface area contributed by atoms with Gasteiger partial charge in [0.1, 0.15) is 0 Å². The van der Waals surface area contributed by atoms with Crippen LogP contribution in [0.25, 0.3) is 0 Å². The first-order valence-electron chi connectivity index (χ1n) is 9.61. The van der Waals surface area contributed by atoms with Crippen molar-refractivity contribution in [1.29, 1.82) is 0 Å². The molecule has 7 nitrogen and oxygen atoms in total. The van der Waals surface area contributed by atoms with E-state index in [4.69, 9.17) is 5.73 Å². The Labute approximate surface area is 188 Å². The van der Waals surface area contributed by atoms with E-state index in [2.05, 4.69) is 5.32 Å². The number of nitrogens with two attached hydrogens (primary N) is 1. The van der Waals surface area contributed by atoms with Crippen molar-refractivity contribution in [3.8, 4) is 0 Å². The second-order valence-corrected chi connectivity index (χ2v) is 8.58. The molecule has 0 spiro atoms. The monoisotopic (exact) mass is 464 g/mol. The molecule has 29 heavy (non-hydrogen) atoms. The summed E-state index contributed by atoms with van der Waals surface area (Å²) in [5, 5.41) is 14.2. The molecule has 1 aromatic carbocycles. The molecular weight excluding hydrogens is 435 g/mol. The molecule has 1 aliphatic heterocycles. The largest absolute Gasteiger partial charge is 0.331 e. The first kappa shape index (κ1) is 26.0. The summed E-state index contributed by atoms with van der Waals surface area (Å²) in [7, 11) is 0. The van der Waals surface area contributed by atoms with Crippen LogP contribution in [0.4, 0.5) is 5.69 Å². The van der Waals surface area contributed by atoms with E-state index in [1.165, 1.54) is 0 Å². The van der Waals surface area contributed by atoms with Crippen molar-refractivity contribution in [2.45, 2.75) is 50.7 Å². The molecule has 0 bridgehead atoms. The molecule has 0 aromatic heterocycles. The summed E-state index contributed by atoms with van der Waals surface area (Å²) >= 11 is 1.79. The number of thioether (sulfide) groups is 1. The van der Waals surface area contributed by atoms with E-state index in [9.17, 15) is 14.9 Å². The highest BCUT2D eigenvalue weighted by Crippen LogP contribution is 2.28. The van der Waals surface area contributed by atoms with Crippen molar-refractivity contribution in [2.24, 2.45) is 11.7 Å². The number of nitro groups is 1. The third kappa shape index (κ3) is 7.61. The average molecular weight is 465 g/mol. The minimum Gasteiger partial charge on any atom is -0.331 e. The van der Waals surface area contributed by atoms with Crippen molar-refractivity contribution < 1.29 is 9.72 Å². The first-order valence-corrected chi connectivity index (χ1v) is 10.8. The van der Waals surface area contributed by atoms with E-state index in [1.54, 1.807) is 36.0 Å². The molecule has 3 rings (SSSR count). The number of amides is 1. The Morgan fingerprint density at radius 1 is 1.24 bits per heavy atom. The summed E-state index contributed by atoms with van der Waals surface area (Å²) in [5.74, 6) is 2.44. The van der Waals surface area contributed by atoms with Gasteiger partial charge in [-0.3, -0.25) is 14.9 Å². The van der Waals surface area contributed by atoms with Crippen molar-refractivity contribution in [1.82, 2.24) is 10.2 Å². The van der Waals surface area contributed by atoms with Gasteiger partial charge < -0.3 is 16.0 Å². The number of non-ortho nitro benzene ring substituents is 1. The number of nitrogens with one attached hydrogen (secondary N) is 1. The fourth-order valence-corrected chi connectivity index (χ4v) is 4.84. The number of hydrogen-bond donors (Lipinski definition) is 2. The van der Waals surface area contributed by atoms with Gasteiger partial charge in [-0.15, -0.1) is 36.6 Å². The van der Waals surface area contributed by atoms with Gasteiger partial charge in [0, 0.05) is 37.0 Å². The van der Waals surface area contributed by atoms with Gasteiger partial charge in [-0.2, -0.15) is 0 Å². The predicted molar refractivity (Wildman–Crippen MR) is 122 cm³/mol. The molecule has 1 aromatic rings. The molecule has 2 aliphatic rings. The number of nitro benzene ring substituents is 1. The maximum Gasteiger partial charge on any atom is 0.269 e. The Morgan fingerprint density at radius 2 is 1.90 bits per heavy atom. The number of rotatable bonds is 7. The smallest absolute Gasteiger partial charge is 0.269 e. The van der Waals surface area contributed by atoms with Gasteiger partial charge >= 0.3 is 0 Å². The molecule has 1 aliphatic carbocycles. The van der Waals surface area contributed by atoms with Gasteiger partial charge in [0.25, 0.3) is 5.69 Å². The summed E-state index contributed by atoms with van der Waals surface area (Å²) in [6, 6.07) is 6.79. The van der Waals surface area contributed by atoms with Crippen LogP contribution >= 0.6 is 36.6 Å². The highest BCUT2D eigenvalue weighted by Gasteiger charge is 2.28. The molecule has 164 valence electrons. The summed E-state index contributed by atoms with van der Waals surface area (Å²) in [6.45, 7) is 1.55. The van der Waals surface area contributed by atoms with E-state index >= 15 is 0 Å². The lowest BCUT2D eigenvalue weighted by Gasteiger charge is -2.31. The van der Waals surface area contributed by atoms with E-state index in [1.807, 2.05) is 4.90 Å². The van der Waals surface area contributed by atoms with Crippen LogP contribution in [-0.2, 0) is 11.3 Å². The van der Waals surface area contributed by atoms with Gasteiger partial charge in [0.2, 0.25) is 5.91 Å². The van der Waals surface area contributed by atoms with Crippen LogP contribution < -0.4 is 11.1 Å². The van der Waals surface area contributed by atoms with E-state index < -0.39 is 0 Å². The topological polar surface area (TPSA) is 101 Å². The van der Waals surface area contributed by atoms with E-state index in [-0.39, 0.29) is 47.4 Å². The summed E-state index contributed by atoms with van der Waals surface area (Å²) in [4.78, 5) is 24.5. The van der Waals surface area contributed by atoms with Crippen molar-refractivity contribution in [2.75, 3.05) is 18.2 Å². The Kier molecular flexibility index (Phi) is 11.3. The average Bonchev–Trinajstić information content (AvgIpc) is 3.22. The van der Waals surface area contributed by atoms with Crippen LogP contribution in [-0.4, -0.2) is 46.0 Å². The van der Waals surface area contributed by atoms with Crippen molar-refractivity contribution in [3.05, 3.63) is 39.9 Å². The maximum absolute atomic E-state index is 12.3. The van der Waals surface area contributed by atoms with Crippen LogP contribution in [0, 0.1) is 16.0 Å². The lowest BCUT2D eigenvalue weighted by atomic mass is 9.82. The molecule has 0 radical (unpaired) electrons. The fraction of sp³-hybridized carbons (Fsp3) is 0.632. The Morgan fingerprint density at radius 3 is 2.45 bits per heavy atom. The number of halogens is 2. The third-order valence-corrected chi connectivity index (χ3v) is 6.52. The van der Waals surface area contributed by atoms with E-state index in [0.717, 1.165) is 62.4 Å². The van der Waals surface area contributed by atoms with Gasteiger partial charge in [0.05, 0.1) is 16.8 Å². The predicted octanol–water partition coefficient (Wildman–Crippen LogP) is 3.34. The van der Waals surface area contributed by atoms with Gasteiger partial charge in [0.15, 0.2) is 0 Å². The normalized spacial score (nSPS) is 22.3. The molecule has 0 unspecified atom stereocenters. The lowest BCUT2D eigenvalue weighted by Crippen LogP contribution is -2.44. The molecule has 1 heterocycles. The molecule has 1 amide bonds. The maximum atomic E-state index is 12.3. The molecule has 1 saturated heterocycles. The Hall–Kier alpha value is -1.06. The lowest BCUT2D eigenvalue weighted by molar-refractivity contribution is -0.384. The number of carbonyl (C=O) groups excluding carboxylic acids is 1. The van der Waals surface area contributed by atoms with Gasteiger partial charge in [-0.1, -0.05) is 12.1 Å². The Bertz CT molecular complexity index is 651. The highest BCUT2D eigenvalue weighted by molar-refractivity contribution is 7.99. The molecular formula is C19H30Cl2N4O3S.